The van der Waals surface area contributed by atoms with Gasteiger partial charge in [-0.25, -0.2) is 4.79 Å². The maximum Gasteiger partial charge on any atom is 0.416 e. The van der Waals surface area contributed by atoms with Gasteiger partial charge in [-0.2, -0.15) is 13.2 Å². The zero-order valence-electron chi connectivity index (χ0n) is 14.4. The number of fused-ring (bicyclic) bond motifs is 1. The minimum atomic E-state index is -4.59. The lowest BCUT2D eigenvalue weighted by molar-refractivity contribution is -0.137. The van der Waals surface area contributed by atoms with Crippen LogP contribution in [0.25, 0.3) is 11.0 Å². The number of carbonyl (C=O) groups is 1. The Morgan fingerprint density at radius 2 is 1.93 bits per heavy atom. The molecule has 0 aliphatic heterocycles. The molecule has 0 saturated heterocycles. The average molecular weight is 412 g/mol. The van der Waals surface area contributed by atoms with Gasteiger partial charge >= 0.3 is 11.8 Å². The molecule has 0 radical (unpaired) electrons. The summed E-state index contributed by atoms with van der Waals surface area (Å²) in [5, 5.41) is 12.2. The van der Waals surface area contributed by atoms with Crippen molar-refractivity contribution >= 4 is 34.2 Å². The van der Waals surface area contributed by atoms with Crippen molar-refractivity contribution in [1.82, 2.24) is 0 Å². The number of phenols is 1. The fourth-order valence-corrected chi connectivity index (χ4v) is 2.90. The number of phenolic OH excluding ortho intramolecular Hbond substituents is 1. The van der Waals surface area contributed by atoms with E-state index in [1.54, 1.807) is 6.92 Å². The summed E-state index contributed by atoms with van der Waals surface area (Å²) in [7, 11) is 0. The Morgan fingerprint density at radius 3 is 2.61 bits per heavy atom. The van der Waals surface area contributed by atoms with Crippen molar-refractivity contribution in [3.63, 3.8) is 0 Å². The minimum Gasteiger partial charge on any atom is -0.508 e. The van der Waals surface area contributed by atoms with E-state index in [9.17, 15) is 27.9 Å². The van der Waals surface area contributed by atoms with E-state index in [2.05, 4.69) is 5.32 Å². The first-order valence-electron chi connectivity index (χ1n) is 7.98. The number of aromatic hydroxyl groups is 1. The molecule has 1 aromatic heterocycles. The van der Waals surface area contributed by atoms with E-state index >= 15 is 0 Å². The summed E-state index contributed by atoms with van der Waals surface area (Å²) in [6.45, 7) is 1.61. The van der Waals surface area contributed by atoms with Crippen molar-refractivity contribution in [2.75, 3.05) is 5.32 Å². The third-order valence-corrected chi connectivity index (χ3v) is 4.51. The summed E-state index contributed by atoms with van der Waals surface area (Å²) >= 11 is 5.86. The van der Waals surface area contributed by atoms with Crippen LogP contribution >= 0.6 is 11.6 Å². The second kappa shape index (κ2) is 7.20. The monoisotopic (exact) mass is 411 g/mol. The summed E-state index contributed by atoms with van der Waals surface area (Å²) in [5.41, 5.74) is -1.27. The van der Waals surface area contributed by atoms with Gasteiger partial charge in [-0.15, -0.1) is 0 Å². The molecule has 3 aromatic rings. The largest absolute Gasteiger partial charge is 0.508 e. The quantitative estimate of drug-likeness (QED) is 0.614. The van der Waals surface area contributed by atoms with Crippen LogP contribution in [0, 0.1) is 6.92 Å². The Kier molecular flexibility index (Phi) is 5.08. The zero-order chi connectivity index (χ0) is 20.6. The fraction of sp³-hybridized carbons (Fsp3) is 0.158. The molecule has 1 heterocycles. The predicted octanol–water partition coefficient (Wildman–Crippen LogP) is 4.66. The molecule has 3 rings (SSSR count). The van der Waals surface area contributed by atoms with Gasteiger partial charge in [0.05, 0.1) is 28.3 Å². The molecule has 0 unspecified atom stereocenters. The van der Waals surface area contributed by atoms with Crippen LogP contribution in [0.2, 0.25) is 5.02 Å². The molecule has 28 heavy (non-hydrogen) atoms. The molecule has 0 aliphatic rings. The number of amides is 1. The first-order chi connectivity index (χ1) is 13.1. The minimum absolute atomic E-state index is 0.0544. The molecular weight excluding hydrogens is 399 g/mol. The first kappa shape index (κ1) is 19.8. The van der Waals surface area contributed by atoms with Crippen LogP contribution < -0.4 is 10.9 Å². The SMILES string of the molecule is Cc1c(CC(=O)Nc2cc(C(F)(F)F)ccc2Cl)c(=O)oc2cc(O)ccc12. The summed E-state index contributed by atoms with van der Waals surface area (Å²) < 4.78 is 43.6. The predicted molar refractivity (Wildman–Crippen MR) is 97.7 cm³/mol. The number of hydrogen-bond donors (Lipinski definition) is 2. The number of benzene rings is 2. The van der Waals surface area contributed by atoms with E-state index in [1.165, 1.54) is 18.2 Å². The van der Waals surface area contributed by atoms with Crippen LogP contribution in [0.1, 0.15) is 16.7 Å². The van der Waals surface area contributed by atoms with E-state index in [1.807, 2.05) is 0 Å². The Morgan fingerprint density at radius 1 is 1.21 bits per heavy atom. The Bertz CT molecular complexity index is 1140. The van der Waals surface area contributed by atoms with Crippen LogP contribution in [0.4, 0.5) is 18.9 Å². The highest BCUT2D eigenvalue weighted by Crippen LogP contribution is 2.34. The Hall–Kier alpha value is -3.00. The first-order valence-corrected chi connectivity index (χ1v) is 8.36. The topological polar surface area (TPSA) is 79.5 Å². The average Bonchev–Trinajstić information content (AvgIpc) is 2.59. The molecule has 0 spiro atoms. The van der Waals surface area contributed by atoms with Crippen molar-refractivity contribution in [2.45, 2.75) is 19.5 Å². The Balaban J connectivity index is 1.90. The van der Waals surface area contributed by atoms with Crippen LogP contribution in [0.3, 0.4) is 0 Å². The number of carbonyl (C=O) groups excluding carboxylic acids is 1. The van der Waals surface area contributed by atoms with Gasteiger partial charge in [0.2, 0.25) is 5.91 Å². The molecule has 5 nitrogen and oxygen atoms in total. The van der Waals surface area contributed by atoms with E-state index in [0.717, 1.165) is 18.2 Å². The number of halogens is 4. The lowest BCUT2D eigenvalue weighted by atomic mass is 10.0. The van der Waals surface area contributed by atoms with Crippen molar-refractivity contribution in [3.05, 3.63) is 68.5 Å². The van der Waals surface area contributed by atoms with Crippen LogP contribution in [-0.2, 0) is 17.4 Å². The molecule has 2 N–H and O–H groups in total. The molecule has 0 bridgehead atoms. The van der Waals surface area contributed by atoms with Gasteiger partial charge < -0.3 is 14.8 Å². The van der Waals surface area contributed by atoms with Crippen molar-refractivity contribution in [3.8, 4) is 5.75 Å². The third kappa shape index (κ3) is 3.96. The van der Waals surface area contributed by atoms with Gasteiger partial charge in [-0.05, 0) is 42.8 Å². The van der Waals surface area contributed by atoms with Gasteiger partial charge in [0, 0.05) is 11.5 Å². The van der Waals surface area contributed by atoms with Gasteiger partial charge in [-0.1, -0.05) is 11.6 Å². The molecule has 146 valence electrons. The zero-order valence-corrected chi connectivity index (χ0v) is 15.1. The molecular formula is C19H13ClF3NO4. The van der Waals surface area contributed by atoms with E-state index in [-0.39, 0.29) is 27.6 Å². The number of hydrogen-bond acceptors (Lipinski definition) is 4. The molecule has 0 saturated carbocycles. The molecule has 0 fully saturated rings. The van der Waals surface area contributed by atoms with E-state index in [4.69, 9.17) is 16.0 Å². The molecule has 0 atom stereocenters. The molecule has 2 aromatic carbocycles. The summed E-state index contributed by atoms with van der Waals surface area (Å²) in [5.74, 6) is -0.811. The molecule has 9 heteroatoms. The van der Waals surface area contributed by atoms with Crippen molar-refractivity contribution in [2.24, 2.45) is 0 Å². The fourth-order valence-electron chi connectivity index (χ4n) is 2.74. The highest BCUT2D eigenvalue weighted by atomic mass is 35.5. The van der Waals surface area contributed by atoms with Gasteiger partial charge in [0.25, 0.3) is 0 Å². The summed E-state index contributed by atoms with van der Waals surface area (Å²) in [6.07, 6.45) is -5.01. The third-order valence-electron chi connectivity index (χ3n) is 4.18. The van der Waals surface area contributed by atoms with E-state index in [0.29, 0.717) is 10.9 Å². The second-order valence-corrected chi connectivity index (χ2v) is 6.50. The number of nitrogens with one attached hydrogen (secondary N) is 1. The number of rotatable bonds is 3. The molecule has 0 aliphatic carbocycles. The van der Waals surface area contributed by atoms with Crippen LogP contribution in [-0.4, -0.2) is 11.0 Å². The van der Waals surface area contributed by atoms with E-state index < -0.39 is 29.7 Å². The summed E-state index contributed by atoms with van der Waals surface area (Å²) in [6, 6.07) is 6.77. The number of alkyl halides is 3. The van der Waals surface area contributed by atoms with Crippen molar-refractivity contribution < 1.29 is 27.5 Å². The van der Waals surface area contributed by atoms with Crippen LogP contribution in [0.5, 0.6) is 5.75 Å². The van der Waals surface area contributed by atoms with Gasteiger partial charge in [-0.3, -0.25) is 4.79 Å². The number of anilines is 1. The van der Waals surface area contributed by atoms with Crippen molar-refractivity contribution in [1.29, 1.82) is 0 Å². The highest BCUT2D eigenvalue weighted by Gasteiger charge is 2.31. The summed E-state index contributed by atoms with van der Waals surface area (Å²) in [4.78, 5) is 24.5. The maximum absolute atomic E-state index is 12.8. The number of aryl methyl sites for hydroxylation is 1. The lowest BCUT2D eigenvalue weighted by Gasteiger charge is -2.12. The van der Waals surface area contributed by atoms with Crippen LogP contribution in [0.15, 0.2) is 45.6 Å². The smallest absolute Gasteiger partial charge is 0.416 e. The van der Waals surface area contributed by atoms with Gasteiger partial charge in [0.15, 0.2) is 0 Å². The normalized spacial score (nSPS) is 11.6. The second-order valence-electron chi connectivity index (χ2n) is 6.09. The lowest BCUT2D eigenvalue weighted by Crippen LogP contribution is -2.21. The standard InChI is InChI=1S/C19H13ClF3NO4/c1-9-12-4-3-11(25)7-16(12)28-18(27)13(9)8-17(26)24-15-6-10(19(21,22)23)2-5-14(15)20/h2-7,25H,8H2,1H3,(H,24,26). The highest BCUT2D eigenvalue weighted by molar-refractivity contribution is 6.33. The molecule has 1 amide bonds. The van der Waals surface area contributed by atoms with Gasteiger partial charge in [0.1, 0.15) is 11.3 Å². The maximum atomic E-state index is 12.8. The Labute approximate surface area is 161 Å².